The Kier molecular flexibility index (Phi) is 8.22. The predicted octanol–water partition coefficient (Wildman–Crippen LogP) is 2.93. The molecule has 6 atom stereocenters. The molecule has 39 heavy (non-hydrogen) atoms. The topological polar surface area (TPSA) is 142 Å². The zero-order valence-corrected chi connectivity index (χ0v) is 23.5. The number of para-hydroxylation sites is 1. The highest BCUT2D eigenvalue weighted by atomic mass is 32.5. The number of benzene rings is 1. The van der Waals surface area contributed by atoms with Gasteiger partial charge in [-0.1, -0.05) is 18.2 Å². The summed E-state index contributed by atoms with van der Waals surface area (Å²) >= 11 is 5.53. The van der Waals surface area contributed by atoms with E-state index in [4.69, 9.17) is 30.3 Å². The highest BCUT2D eigenvalue weighted by molar-refractivity contribution is 8.09. The van der Waals surface area contributed by atoms with Crippen molar-refractivity contribution in [1.82, 2.24) is 24.6 Å². The van der Waals surface area contributed by atoms with E-state index in [1.165, 1.54) is 24.9 Å². The van der Waals surface area contributed by atoms with Crippen molar-refractivity contribution in [3.8, 4) is 5.75 Å². The molecule has 12 nitrogen and oxygen atoms in total. The number of carbonyl (C=O) groups is 1. The van der Waals surface area contributed by atoms with Crippen molar-refractivity contribution < 1.29 is 37.2 Å². The Labute approximate surface area is 228 Å². The van der Waals surface area contributed by atoms with E-state index < -0.39 is 49.1 Å². The summed E-state index contributed by atoms with van der Waals surface area (Å²) in [6.45, 7) is -0.629. The first-order valence-corrected chi connectivity index (χ1v) is 14.4. The molecule has 1 saturated heterocycles. The van der Waals surface area contributed by atoms with Crippen LogP contribution in [0.3, 0.4) is 0 Å². The number of aliphatic hydroxyl groups is 1. The van der Waals surface area contributed by atoms with Gasteiger partial charge in [-0.2, -0.15) is 0 Å². The molecular formula is C23H29F2N6O6PS. The van der Waals surface area contributed by atoms with Crippen molar-refractivity contribution in [1.29, 1.82) is 0 Å². The second-order valence-corrected chi connectivity index (χ2v) is 12.2. The Balaban J connectivity index is 1.62. The van der Waals surface area contributed by atoms with Crippen LogP contribution in [0.5, 0.6) is 5.75 Å². The number of halogens is 2. The zero-order chi connectivity index (χ0) is 28.6. The number of fused-ring (bicyclic) bond motifs is 1. The number of carbonyl (C=O) groups excluding carboxylic acids is 1. The molecule has 1 unspecified atom stereocenters. The van der Waals surface area contributed by atoms with Crippen LogP contribution in [0.4, 0.5) is 14.6 Å². The molecule has 2 aromatic heterocycles. The number of esters is 1. The number of anilines is 1. The lowest BCUT2D eigenvalue weighted by Crippen LogP contribution is -2.47. The fourth-order valence-electron chi connectivity index (χ4n) is 4.08. The SMILES string of the molecule is CNc1nc(C)nc2c1ncn2[C@@H]1O[C@](F)(COP(=S)(N[C@@H](C)C(=O)OC)Oc2ccccc2)[C@@H](O)[C@@]1(C)F. The van der Waals surface area contributed by atoms with Crippen molar-refractivity contribution in [2.75, 3.05) is 26.1 Å². The number of alkyl halides is 2. The number of nitrogens with one attached hydrogen (secondary N) is 2. The molecule has 0 amide bonds. The smallest absolute Gasteiger partial charge is 0.323 e. The molecule has 1 aliphatic rings. The number of methoxy groups -OCH3 is 1. The average Bonchev–Trinajstić information content (AvgIpc) is 3.39. The molecule has 0 spiro atoms. The van der Waals surface area contributed by atoms with Gasteiger partial charge in [-0.15, -0.1) is 0 Å². The van der Waals surface area contributed by atoms with E-state index in [9.17, 15) is 9.90 Å². The quantitative estimate of drug-likeness (QED) is 0.238. The van der Waals surface area contributed by atoms with Crippen molar-refractivity contribution in [2.24, 2.45) is 0 Å². The number of hydrogen-bond acceptors (Lipinski definition) is 11. The van der Waals surface area contributed by atoms with Crippen LogP contribution in [0.15, 0.2) is 36.7 Å². The van der Waals surface area contributed by atoms with Gasteiger partial charge in [-0.3, -0.25) is 9.36 Å². The number of nitrogens with zero attached hydrogens (tertiary/aromatic N) is 4. The average molecular weight is 587 g/mol. The molecule has 3 aromatic rings. The molecule has 16 heteroatoms. The fourth-order valence-corrected chi connectivity index (χ4v) is 6.48. The number of ether oxygens (including phenoxy) is 2. The van der Waals surface area contributed by atoms with E-state index in [1.807, 2.05) is 0 Å². The Morgan fingerprint density at radius 2 is 2.03 bits per heavy atom. The monoisotopic (exact) mass is 586 g/mol. The molecule has 3 N–H and O–H groups in total. The summed E-state index contributed by atoms with van der Waals surface area (Å²) < 4.78 is 55.0. The largest absolute Gasteiger partial charge is 0.468 e. The lowest BCUT2D eigenvalue weighted by Gasteiger charge is -2.30. The molecule has 1 aromatic carbocycles. The summed E-state index contributed by atoms with van der Waals surface area (Å²) in [5.74, 6) is -2.72. The van der Waals surface area contributed by atoms with E-state index >= 15 is 8.78 Å². The maximum absolute atomic E-state index is 16.2. The summed E-state index contributed by atoms with van der Waals surface area (Å²) in [6, 6.07) is 7.29. The Morgan fingerprint density at radius 1 is 1.33 bits per heavy atom. The van der Waals surface area contributed by atoms with Crippen LogP contribution in [-0.4, -0.2) is 75.0 Å². The third-order valence-electron chi connectivity index (χ3n) is 6.06. The lowest BCUT2D eigenvalue weighted by atomic mass is 9.97. The van der Waals surface area contributed by atoms with Crippen molar-refractivity contribution in [3.63, 3.8) is 0 Å². The van der Waals surface area contributed by atoms with E-state index in [0.29, 0.717) is 17.2 Å². The third kappa shape index (κ3) is 5.74. The molecule has 1 aliphatic heterocycles. The van der Waals surface area contributed by atoms with Crippen molar-refractivity contribution >= 4 is 41.4 Å². The van der Waals surface area contributed by atoms with Crippen LogP contribution in [0, 0.1) is 6.92 Å². The summed E-state index contributed by atoms with van der Waals surface area (Å²) in [5.41, 5.74) is -2.18. The highest BCUT2D eigenvalue weighted by Gasteiger charge is 2.65. The van der Waals surface area contributed by atoms with Gasteiger partial charge in [0.1, 0.15) is 24.2 Å². The number of aliphatic hydroxyl groups excluding tert-OH is 1. The van der Waals surface area contributed by atoms with Crippen LogP contribution >= 0.6 is 6.64 Å². The lowest BCUT2D eigenvalue weighted by molar-refractivity contribution is -0.202. The minimum atomic E-state index is -3.68. The second kappa shape index (κ2) is 11.0. The van der Waals surface area contributed by atoms with Crippen LogP contribution in [0.1, 0.15) is 25.9 Å². The Hall–Kier alpha value is -2.81. The minimum Gasteiger partial charge on any atom is -0.468 e. The van der Waals surface area contributed by atoms with E-state index in [0.717, 1.165) is 6.92 Å². The van der Waals surface area contributed by atoms with Crippen molar-refractivity contribution in [2.45, 2.75) is 50.7 Å². The molecule has 4 rings (SSSR count). The van der Waals surface area contributed by atoms with E-state index in [2.05, 4.69) is 25.4 Å². The number of aromatic nitrogens is 4. The van der Waals surface area contributed by atoms with Gasteiger partial charge >= 0.3 is 12.6 Å². The van der Waals surface area contributed by atoms with Gasteiger partial charge < -0.3 is 28.9 Å². The predicted molar refractivity (Wildman–Crippen MR) is 141 cm³/mol. The maximum Gasteiger partial charge on any atom is 0.323 e. The summed E-state index contributed by atoms with van der Waals surface area (Å²) in [7, 11) is 2.83. The number of aryl methyl sites for hydroxylation is 1. The second-order valence-electron chi connectivity index (χ2n) is 9.05. The number of rotatable bonds is 10. The highest BCUT2D eigenvalue weighted by Crippen LogP contribution is 2.52. The van der Waals surface area contributed by atoms with E-state index in [-0.39, 0.29) is 11.4 Å². The first-order valence-electron chi connectivity index (χ1n) is 11.8. The van der Waals surface area contributed by atoms with Gasteiger partial charge in [0.15, 0.2) is 35.0 Å². The first kappa shape index (κ1) is 29.2. The number of hydrogen-bond donors (Lipinski definition) is 3. The van der Waals surface area contributed by atoms with Gasteiger partial charge in [-0.25, -0.2) is 28.8 Å². The molecule has 0 bridgehead atoms. The standard InChI is InChI=1S/C23H29F2N6O6PS/c1-13(19(32)34-5)30-38(39,37-15-9-7-6-8-10-15)35-11-23(25)20(33)22(3,24)21(36-23)31-12-27-16-17(26-4)28-14(2)29-18(16)31/h6-10,12-13,20-21,33H,11H2,1-5H3,(H,30,39)(H,26,28,29)/t13-,20-,21+,22+,23+,38?/m0/s1. The molecule has 1 fully saturated rings. The normalized spacial score (nSPS) is 27.2. The van der Waals surface area contributed by atoms with Crippen molar-refractivity contribution in [3.05, 3.63) is 42.5 Å². The van der Waals surface area contributed by atoms with Gasteiger partial charge in [0.05, 0.1) is 13.4 Å². The van der Waals surface area contributed by atoms with Gasteiger partial charge in [0, 0.05) is 7.05 Å². The Morgan fingerprint density at radius 3 is 2.67 bits per heavy atom. The molecule has 0 radical (unpaired) electrons. The third-order valence-corrected chi connectivity index (χ3v) is 8.54. The van der Waals surface area contributed by atoms with Gasteiger partial charge in [0.2, 0.25) is 0 Å². The van der Waals surface area contributed by atoms with Crippen LogP contribution < -0.4 is 14.9 Å². The van der Waals surface area contributed by atoms with Crippen LogP contribution in [-0.2, 0) is 30.6 Å². The molecule has 0 aliphatic carbocycles. The molecular weight excluding hydrogens is 557 g/mol. The Bertz CT molecular complexity index is 1400. The first-order chi connectivity index (χ1) is 18.3. The zero-order valence-electron chi connectivity index (χ0n) is 21.8. The van der Waals surface area contributed by atoms with Gasteiger partial charge in [-0.05, 0) is 44.7 Å². The minimum absolute atomic E-state index is 0.171. The van der Waals surface area contributed by atoms with Gasteiger partial charge in [0.25, 0.3) is 5.85 Å². The summed E-state index contributed by atoms with van der Waals surface area (Å²) in [6.07, 6.45) is -2.76. The van der Waals surface area contributed by atoms with E-state index in [1.54, 1.807) is 44.3 Å². The van der Waals surface area contributed by atoms with Crippen LogP contribution in [0.25, 0.3) is 11.2 Å². The summed E-state index contributed by atoms with van der Waals surface area (Å²) in [4.78, 5) is 24.8. The van der Waals surface area contributed by atoms with Crippen LogP contribution in [0.2, 0.25) is 0 Å². The molecule has 3 heterocycles. The molecule has 0 saturated carbocycles. The summed E-state index contributed by atoms with van der Waals surface area (Å²) in [5, 5.41) is 16.4. The number of imidazole rings is 1. The maximum atomic E-state index is 16.2. The fraction of sp³-hybridized carbons (Fsp3) is 0.478. The molecule has 212 valence electrons.